The SMILES string of the molecule is CCOC(=O)C1=C(C)N=c2s/c(=C/c3cc(I)cc(OC)c3OCc3ccccc3Cl)c(=O)n2[C@H]1c1ccc(OC(C)C)c(OC)c1. The molecule has 12 heteroatoms. The van der Waals surface area contributed by atoms with Crippen molar-refractivity contribution >= 4 is 57.6 Å². The van der Waals surface area contributed by atoms with Crippen LogP contribution in [0.4, 0.5) is 0 Å². The summed E-state index contributed by atoms with van der Waals surface area (Å²) in [5, 5.41) is 0.583. The zero-order valence-electron chi connectivity index (χ0n) is 26.8. The van der Waals surface area contributed by atoms with Gasteiger partial charge in [0.05, 0.1) is 48.8 Å². The molecule has 0 N–H and O–H groups in total. The fourth-order valence-electron chi connectivity index (χ4n) is 5.22. The molecule has 47 heavy (non-hydrogen) atoms. The Morgan fingerprint density at radius 1 is 1.09 bits per heavy atom. The maximum atomic E-state index is 14.3. The summed E-state index contributed by atoms with van der Waals surface area (Å²) in [6.07, 6.45) is 1.68. The number of halogens is 2. The third kappa shape index (κ3) is 7.37. The lowest BCUT2D eigenvalue weighted by molar-refractivity contribution is -0.139. The molecule has 9 nitrogen and oxygen atoms in total. The smallest absolute Gasteiger partial charge is 0.338 e. The van der Waals surface area contributed by atoms with E-state index in [0.29, 0.717) is 54.2 Å². The number of hydrogen-bond acceptors (Lipinski definition) is 9. The Morgan fingerprint density at radius 3 is 2.51 bits per heavy atom. The molecule has 4 aromatic rings. The lowest BCUT2D eigenvalue weighted by Crippen LogP contribution is -2.40. The van der Waals surface area contributed by atoms with Gasteiger partial charge in [-0.2, -0.15) is 0 Å². The molecule has 2 heterocycles. The van der Waals surface area contributed by atoms with Crippen molar-refractivity contribution in [3.63, 3.8) is 0 Å². The van der Waals surface area contributed by atoms with Gasteiger partial charge in [-0.3, -0.25) is 9.36 Å². The summed E-state index contributed by atoms with van der Waals surface area (Å²) in [7, 11) is 3.11. The number of fused-ring (bicyclic) bond motifs is 1. The molecule has 5 rings (SSSR count). The minimum absolute atomic E-state index is 0.0807. The summed E-state index contributed by atoms with van der Waals surface area (Å²) >= 11 is 9.81. The van der Waals surface area contributed by atoms with Gasteiger partial charge in [0, 0.05) is 19.7 Å². The number of nitrogens with zero attached hydrogens (tertiary/aromatic N) is 2. The normalized spacial score (nSPS) is 14.5. The number of carbonyl (C=O) groups excluding carboxylic acids is 1. The predicted octanol–water partition coefficient (Wildman–Crippen LogP) is 6.44. The molecule has 1 aliphatic rings. The zero-order valence-corrected chi connectivity index (χ0v) is 30.5. The fraction of sp³-hybridized carbons (Fsp3) is 0.286. The van der Waals surface area contributed by atoms with Crippen LogP contribution >= 0.6 is 45.5 Å². The number of methoxy groups -OCH3 is 2. The van der Waals surface area contributed by atoms with Crippen LogP contribution in [0.1, 0.15) is 50.4 Å². The second kappa shape index (κ2) is 15.0. The van der Waals surface area contributed by atoms with E-state index >= 15 is 0 Å². The van der Waals surface area contributed by atoms with Crippen molar-refractivity contribution in [2.45, 2.75) is 46.4 Å². The molecule has 1 atom stereocenters. The van der Waals surface area contributed by atoms with Crippen molar-refractivity contribution in [2.24, 2.45) is 4.99 Å². The van der Waals surface area contributed by atoms with Gasteiger partial charge in [0.2, 0.25) is 0 Å². The third-order valence-corrected chi connectivity index (χ3v) is 9.24. The first kappa shape index (κ1) is 34.5. The molecule has 3 aromatic carbocycles. The molecule has 0 amide bonds. The van der Waals surface area contributed by atoms with E-state index in [1.54, 1.807) is 52.3 Å². The Balaban J connectivity index is 1.68. The van der Waals surface area contributed by atoms with Crippen LogP contribution in [0.15, 0.2) is 75.7 Å². The van der Waals surface area contributed by atoms with E-state index in [1.165, 1.54) is 15.9 Å². The van der Waals surface area contributed by atoms with Gasteiger partial charge in [-0.05, 0) is 92.3 Å². The van der Waals surface area contributed by atoms with E-state index < -0.39 is 12.0 Å². The number of carbonyl (C=O) groups is 1. The van der Waals surface area contributed by atoms with E-state index in [2.05, 4.69) is 22.6 Å². The maximum Gasteiger partial charge on any atom is 0.338 e. The molecule has 0 fully saturated rings. The summed E-state index contributed by atoms with van der Waals surface area (Å²) in [4.78, 5) is 32.9. The van der Waals surface area contributed by atoms with E-state index in [-0.39, 0.29) is 30.5 Å². The maximum absolute atomic E-state index is 14.3. The molecule has 0 bridgehead atoms. The van der Waals surface area contributed by atoms with Gasteiger partial charge in [-0.25, -0.2) is 9.79 Å². The highest BCUT2D eigenvalue weighted by atomic mass is 127. The number of thiazole rings is 1. The van der Waals surface area contributed by atoms with E-state index in [1.807, 2.05) is 50.2 Å². The summed E-state index contributed by atoms with van der Waals surface area (Å²) in [5.41, 5.74) is 2.49. The highest BCUT2D eigenvalue weighted by molar-refractivity contribution is 14.1. The van der Waals surface area contributed by atoms with Crippen molar-refractivity contribution in [3.8, 4) is 23.0 Å². The number of ether oxygens (including phenoxy) is 5. The van der Waals surface area contributed by atoms with E-state index in [4.69, 9.17) is 40.3 Å². The summed E-state index contributed by atoms with van der Waals surface area (Å²) in [5.74, 6) is 1.45. The van der Waals surface area contributed by atoms with Gasteiger partial charge in [-0.15, -0.1) is 0 Å². The van der Waals surface area contributed by atoms with Crippen molar-refractivity contribution in [3.05, 3.63) is 111 Å². The Bertz CT molecular complexity index is 2040. The van der Waals surface area contributed by atoms with Crippen molar-refractivity contribution < 1.29 is 28.5 Å². The van der Waals surface area contributed by atoms with Crippen LogP contribution < -0.4 is 33.8 Å². The Hall–Kier alpha value is -3.81. The molecule has 246 valence electrons. The predicted molar refractivity (Wildman–Crippen MR) is 191 cm³/mol. The number of benzene rings is 3. The Labute approximate surface area is 295 Å². The quantitative estimate of drug-likeness (QED) is 0.128. The van der Waals surface area contributed by atoms with Gasteiger partial charge in [0.15, 0.2) is 27.8 Å². The number of rotatable bonds is 11. The molecule has 0 saturated heterocycles. The van der Waals surface area contributed by atoms with Crippen molar-refractivity contribution in [2.75, 3.05) is 20.8 Å². The molecule has 0 spiro atoms. The number of allylic oxidation sites excluding steroid dienone is 1. The van der Waals surface area contributed by atoms with Crippen LogP contribution in [0.25, 0.3) is 6.08 Å². The van der Waals surface area contributed by atoms with Crippen molar-refractivity contribution in [1.29, 1.82) is 0 Å². The average Bonchev–Trinajstić information content (AvgIpc) is 3.34. The second-order valence-electron chi connectivity index (χ2n) is 10.8. The van der Waals surface area contributed by atoms with Crippen molar-refractivity contribution in [1.82, 2.24) is 4.57 Å². The van der Waals surface area contributed by atoms with Crippen LogP contribution in [-0.2, 0) is 16.1 Å². The Morgan fingerprint density at radius 2 is 1.83 bits per heavy atom. The minimum Gasteiger partial charge on any atom is -0.493 e. The monoisotopic (exact) mass is 788 g/mol. The average molecular weight is 789 g/mol. The highest BCUT2D eigenvalue weighted by Crippen LogP contribution is 2.37. The number of aromatic nitrogens is 1. The van der Waals surface area contributed by atoms with Crippen LogP contribution in [0.2, 0.25) is 5.02 Å². The van der Waals surface area contributed by atoms with Gasteiger partial charge in [0.25, 0.3) is 5.56 Å². The van der Waals surface area contributed by atoms with E-state index in [0.717, 1.165) is 9.13 Å². The molecular weight excluding hydrogens is 755 g/mol. The molecule has 0 unspecified atom stereocenters. The molecular formula is C35H34ClIN2O7S. The first-order valence-corrected chi connectivity index (χ1v) is 17.1. The lowest BCUT2D eigenvalue weighted by atomic mass is 9.95. The first-order chi connectivity index (χ1) is 22.6. The van der Waals surface area contributed by atoms with Gasteiger partial charge in [0.1, 0.15) is 6.61 Å². The number of hydrogen-bond donors (Lipinski definition) is 0. The summed E-state index contributed by atoms with van der Waals surface area (Å²) in [6, 6.07) is 15.8. The van der Waals surface area contributed by atoms with Crippen LogP contribution in [0, 0.1) is 3.57 Å². The molecule has 0 aliphatic carbocycles. The third-order valence-electron chi connectivity index (χ3n) is 7.27. The second-order valence-corrected chi connectivity index (χ2v) is 13.4. The molecule has 0 radical (unpaired) electrons. The highest BCUT2D eigenvalue weighted by Gasteiger charge is 2.34. The van der Waals surface area contributed by atoms with Crippen LogP contribution in [-0.4, -0.2) is 37.5 Å². The van der Waals surface area contributed by atoms with Crippen LogP contribution in [0.3, 0.4) is 0 Å². The number of esters is 1. The molecule has 1 aliphatic heterocycles. The topological polar surface area (TPSA) is 97.6 Å². The fourth-order valence-corrected chi connectivity index (χ4v) is 7.07. The molecule has 0 saturated carbocycles. The van der Waals surface area contributed by atoms with Crippen LogP contribution in [0.5, 0.6) is 23.0 Å². The minimum atomic E-state index is -0.823. The first-order valence-electron chi connectivity index (χ1n) is 14.8. The molecule has 1 aromatic heterocycles. The zero-order chi connectivity index (χ0) is 33.8. The Kier molecular flexibility index (Phi) is 11.0. The van der Waals surface area contributed by atoms with Gasteiger partial charge >= 0.3 is 5.97 Å². The summed E-state index contributed by atoms with van der Waals surface area (Å²) in [6.45, 7) is 7.69. The van der Waals surface area contributed by atoms with Gasteiger partial charge < -0.3 is 23.7 Å². The summed E-state index contributed by atoms with van der Waals surface area (Å²) < 4.78 is 31.8. The largest absolute Gasteiger partial charge is 0.493 e. The van der Waals surface area contributed by atoms with Gasteiger partial charge in [-0.1, -0.05) is 47.2 Å². The lowest BCUT2D eigenvalue weighted by Gasteiger charge is -2.25. The standard InChI is InChI=1S/C35H34ClIN2O7S/c1-7-44-34(41)30-20(4)38-35-39(31(30)21-12-13-26(46-19(2)3)27(15-21)42-5)33(40)29(47-35)16-23-14-24(37)17-28(43-6)32(23)45-18-22-10-8-9-11-25(22)36/h8-17,19,31H,7,18H2,1-6H3/b29-16+/t31-/m0/s1. The van der Waals surface area contributed by atoms with E-state index in [9.17, 15) is 9.59 Å².